The van der Waals surface area contributed by atoms with Gasteiger partial charge in [-0.25, -0.2) is 9.78 Å². The van der Waals surface area contributed by atoms with Crippen molar-refractivity contribution in [1.82, 2.24) is 15.3 Å². The highest BCUT2D eigenvalue weighted by Gasteiger charge is 2.33. The molecule has 2 amide bonds. The summed E-state index contributed by atoms with van der Waals surface area (Å²) in [5, 5.41) is 13.4. The first-order valence-electron chi connectivity index (χ1n) is 10.7. The van der Waals surface area contributed by atoms with E-state index in [0.29, 0.717) is 12.7 Å². The van der Waals surface area contributed by atoms with Gasteiger partial charge in [0.1, 0.15) is 0 Å². The molecule has 0 atom stereocenters. The van der Waals surface area contributed by atoms with Gasteiger partial charge >= 0.3 is 18.2 Å². The number of aliphatic carboxylic acids is 1. The van der Waals surface area contributed by atoms with Gasteiger partial charge in [-0.05, 0) is 12.8 Å². The number of nitrogens with one attached hydrogen (secondary N) is 3. The van der Waals surface area contributed by atoms with Crippen molar-refractivity contribution in [3.05, 3.63) is 11.9 Å². The number of imidazole rings is 1. The van der Waals surface area contributed by atoms with Gasteiger partial charge in [0.25, 0.3) is 0 Å². The number of rotatable bonds is 16. The summed E-state index contributed by atoms with van der Waals surface area (Å²) in [7, 11) is 0. The third-order valence-corrected chi connectivity index (χ3v) is 4.70. The van der Waals surface area contributed by atoms with Gasteiger partial charge in [0.2, 0.25) is 5.95 Å². The fraction of sp³-hybridized carbons (Fsp3) is 0.750. The molecule has 1 aromatic heterocycles. The molecule has 0 unspecified atom stereocenters. The number of alkyl halides is 3. The molecular weight excluding hydrogens is 401 g/mol. The van der Waals surface area contributed by atoms with E-state index in [2.05, 4.69) is 20.6 Å². The van der Waals surface area contributed by atoms with E-state index in [1.165, 1.54) is 32.1 Å². The zero-order valence-corrected chi connectivity index (χ0v) is 17.3. The number of anilines is 1. The number of carboxylic acid groups (broad SMARTS) is 1. The number of aromatic nitrogens is 2. The van der Waals surface area contributed by atoms with E-state index in [0.717, 1.165) is 44.9 Å². The predicted octanol–water partition coefficient (Wildman–Crippen LogP) is 5.71. The van der Waals surface area contributed by atoms with Gasteiger partial charge in [-0.1, -0.05) is 64.2 Å². The Hall–Kier alpha value is -2.26. The number of unbranched alkanes of at least 4 members (excludes halogenated alkanes) is 11. The molecule has 1 rings (SSSR count). The van der Waals surface area contributed by atoms with Crippen LogP contribution in [-0.2, 0) is 11.0 Å². The minimum atomic E-state index is -4.55. The first-order chi connectivity index (χ1) is 14.3. The first kappa shape index (κ1) is 25.8. The molecule has 0 saturated heterocycles. The Labute approximate surface area is 175 Å². The zero-order valence-electron chi connectivity index (χ0n) is 17.3. The Kier molecular flexibility index (Phi) is 12.6. The van der Waals surface area contributed by atoms with Gasteiger partial charge in [-0.3, -0.25) is 10.1 Å². The Bertz CT molecular complexity index is 621. The van der Waals surface area contributed by atoms with Crippen molar-refractivity contribution in [1.29, 1.82) is 0 Å². The van der Waals surface area contributed by atoms with E-state index in [1.54, 1.807) is 0 Å². The maximum Gasteiger partial charge on any atom is 0.434 e. The molecule has 1 aromatic rings. The van der Waals surface area contributed by atoms with Gasteiger partial charge in [0.05, 0.1) is 0 Å². The van der Waals surface area contributed by atoms with E-state index < -0.39 is 23.9 Å². The number of H-pyrrole nitrogens is 1. The number of hydrogen-bond donors (Lipinski definition) is 4. The summed E-state index contributed by atoms with van der Waals surface area (Å²) in [4.78, 5) is 27.6. The predicted molar refractivity (Wildman–Crippen MR) is 108 cm³/mol. The zero-order chi connectivity index (χ0) is 22.2. The molecule has 0 aromatic carbocycles. The fourth-order valence-corrected chi connectivity index (χ4v) is 3.05. The van der Waals surface area contributed by atoms with Crippen molar-refractivity contribution in [3.8, 4) is 0 Å². The molecule has 0 aliphatic rings. The lowest BCUT2D eigenvalue weighted by molar-refractivity contribution is -0.141. The first-order valence-corrected chi connectivity index (χ1v) is 10.7. The van der Waals surface area contributed by atoms with Crippen LogP contribution < -0.4 is 10.6 Å². The second kappa shape index (κ2) is 14.7. The van der Waals surface area contributed by atoms with E-state index in [1.807, 2.05) is 0 Å². The van der Waals surface area contributed by atoms with Gasteiger partial charge in [-0.2, -0.15) is 13.2 Å². The van der Waals surface area contributed by atoms with Crippen molar-refractivity contribution >= 4 is 17.9 Å². The molecule has 0 radical (unpaired) electrons. The number of carbonyl (C=O) groups excluding carboxylic acids is 1. The van der Waals surface area contributed by atoms with Crippen LogP contribution in [-0.4, -0.2) is 33.6 Å². The Morgan fingerprint density at radius 2 is 1.40 bits per heavy atom. The van der Waals surface area contributed by atoms with Crippen LogP contribution in [0.1, 0.15) is 89.2 Å². The number of carboxylic acids is 1. The average molecular weight is 435 g/mol. The normalized spacial score (nSPS) is 11.4. The Morgan fingerprint density at radius 1 is 0.900 bits per heavy atom. The number of halogens is 3. The third kappa shape index (κ3) is 13.1. The molecule has 172 valence electrons. The van der Waals surface area contributed by atoms with E-state index in [-0.39, 0.29) is 12.4 Å². The minimum Gasteiger partial charge on any atom is -0.481 e. The highest BCUT2D eigenvalue weighted by Crippen LogP contribution is 2.28. The summed E-state index contributed by atoms with van der Waals surface area (Å²) in [6.07, 6.45) is 9.33. The maximum absolute atomic E-state index is 12.4. The number of carbonyl (C=O) groups is 2. The number of urea groups is 1. The van der Waals surface area contributed by atoms with E-state index >= 15 is 0 Å². The number of hydrogen-bond acceptors (Lipinski definition) is 3. The Morgan fingerprint density at radius 3 is 1.87 bits per heavy atom. The SMILES string of the molecule is O=C(O)CCCCCCCCCCCCCCNC(=O)Nc1nc(C(F)(F)F)c[nH]1. The van der Waals surface area contributed by atoms with Crippen LogP contribution >= 0.6 is 0 Å². The Balaban J connectivity index is 1.88. The van der Waals surface area contributed by atoms with Crippen molar-refractivity contribution in [2.45, 2.75) is 89.6 Å². The molecule has 30 heavy (non-hydrogen) atoms. The fourth-order valence-electron chi connectivity index (χ4n) is 3.05. The van der Waals surface area contributed by atoms with Crippen LogP contribution in [0.3, 0.4) is 0 Å². The highest BCUT2D eigenvalue weighted by atomic mass is 19.4. The quantitative estimate of drug-likeness (QED) is 0.250. The molecular formula is C20H33F3N4O3. The summed E-state index contributed by atoms with van der Waals surface area (Å²) in [5.41, 5.74) is -1.08. The second-order valence-corrected chi connectivity index (χ2v) is 7.40. The summed E-state index contributed by atoms with van der Waals surface area (Å²) in [5.74, 6) is -0.953. The molecule has 0 bridgehead atoms. The second-order valence-electron chi connectivity index (χ2n) is 7.40. The van der Waals surface area contributed by atoms with Gasteiger partial charge in [0, 0.05) is 19.2 Å². The maximum atomic E-state index is 12.4. The molecule has 1 heterocycles. The largest absolute Gasteiger partial charge is 0.481 e. The van der Waals surface area contributed by atoms with E-state index in [4.69, 9.17) is 5.11 Å². The smallest absolute Gasteiger partial charge is 0.434 e. The monoisotopic (exact) mass is 434 g/mol. The summed E-state index contributed by atoms with van der Waals surface area (Å²) < 4.78 is 37.3. The van der Waals surface area contributed by atoms with Crippen LogP contribution in [0.5, 0.6) is 0 Å². The van der Waals surface area contributed by atoms with Crippen LogP contribution in [0.15, 0.2) is 6.20 Å². The van der Waals surface area contributed by atoms with Crippen LogP contribution in [0.4, 0.5) is 23.9 Å². The summed E-state index contributed by atoms with van der Waals surface area (Å²) in [6.45, 7) is 0.459. The molecule has 7 nitrogen and oxygen atoms in total. The van der Waals surface area contributed by atoms with Crippen molar-refractivity contribution < 1.29 is 27.9 Å². The van der Waals surface area contributed by atoms with Crippen molar-refractivity contribution in [2.24, 2.45) is 0 Å². The minimum absolute atomic E-state index is 0.236. The van der Waals surface area contributed by atoms with Crippen LogP contribution in [0.25, 0.3) is 0 Å². The molecule has 4 N–H and O–H groups in total. The van der Waals surface area contributed by atoms with Crippen molar-refractivity contribution in [2.75, 3.05) is 11.9 Å². The average Bonchev–Trinajstić information content (AvgIpc) is 3.13. The van der Waals surface area contributed by atoms with Crippen molar-refractivity contribution in [3.63, 3.8) is 0 Å². The molecule has 0 fully saturated rings. The van der Waals surface area contributed by atoms with E-state index in [9.17, 15) is 22.8 Å². The summed E-state index contributed by atoms with van der Waals surface area (Å²) >= 11 is 0. The highest BCUT2D eigenvalue weighted by molar-refractivity contribution is 5.87. The lowest BCUT2D eigenvalue weighted by Crippen LogP contribution is -2.30. The molecule has 0 saturated carbocycles. The summed E-state index contributed by atoms with van der Waals surface area (Å²) in [6, 6.07) is -0.582. The van der Waals surface area contributed by atoms with Crippen LogP contribution in [0.2, 0.25) is 0 Å². The lowest BCUT2D eigenvalue weighted by atomic mass is 10.0. The molecule has 0 aliphatic carbocycles. The topological polar surface area (TPSA) is 107 Å². The molecule has 0 spiro atoms. The lowest BCUT2D eigenvalue weighted by Gasteiger charge is -2.06. The number of nitrogens with zero attached hydrogens (tertiary/aromatic N) is 1. The standard InChI is InChI=1S/C20H33F3N4O3/c21-20(22,23)16-15-25-18(26-16)27-19(30)24-14-12-10-8-6-4-2-1-3-5-7-9-11-13-17(28)29/h15H,1-14H2,(H,28,29)(H3,24,25,26,27,30). The molecule has 10 heteroatoms. The molecule has 0 aliphatic heterocycles. The third-order valence-electron chi connectivity index (χ3n) is 4.70. The number of amides is 2. The van der Waals surface area contributed by atoms with Gasteiger partial charge < -0.3 is 15.4 Å². The van der Waals surface area contributed by atoms with Gasteiger partial charge in [0.15, 0.2) is 5.69 Å². The number of aromatic amines is 1. The van der Waals surface area contributed by atoms with Gasteiger partial charge in [-0.15, -0.1) is 0 Å². The van der Waals surface area contributed by atoms with Crippen LogP contribution in [0, 0.1) is 0 Å².